The van der Waals surface area contributed by atoms with Crippen molar-refractivity contribution in [3.8, 4) is 0 Å². The van der Waals surface area contributed by atoms with Gasteiger partial charge >= 0.3 is 5.97 Å². The van der Waals surface area contributed by atoms with Gasteiger partial charge in [-0.1, -0.05) is 0 Å². The van der Waals surface area contributed by atoms with E-state index in [2.05, 4.69) is 9.97 Å². The number of nitrogens with two attached hydrogens (primary N) is 1. The number of hydrogen-bond acceptors (Lipinski definition) is 4. The smallest absolute Gasteiger partial charge is 0.323 e. The van der Waals surface area contributed by atoms with Crippen LogP contribution in [0, 0.1) is 5.92 Å². The van der Waals surface area contributed by atoms with Gasteiger partial charge in [0, 0.05) is 18.3 Å². The summed E-state index contributed by atoms with van der Waals surface area (Å²) in [4.78, 5) is 18.2. The Hall–Kier alpha value is -1.36. The lowest BCUT2D eigenvalue weighted by Gasteiger charge is -2.09. The molecule has 0 spiro atoms. The Balaban J connectivity index is 1.73. The van der Waals surface area contributed by atoms with E-state index in [9.17, 15) is 4.79 Å². The van der Waals surface area contributed by atoms with E-state index < -0.39 is 6.04 Å². The fourth-order valence-electron chi connectivity index (χ4n) is 1.31. The Morgan fingerprint density at radius 2 is 2.53 bits per heavy atom. The number of nitrogens with one attached hydrogen (secondary N) is 1. The average molecular weight is 209 g/mol. The molecule has 82 valence electrons. The van der Waals surface area contributed by atoms with E-state index in [0.29, 0.717) is 18.9 Å². The Bertz CT molecular complexity index is 319. The zero-order valence-electron chi connectivity index (χ0n) is 8.48. The summed E-state index contributed by atoms with van der Waals surface area (Å²) in [7, 11) is 0. The third-order valence-electron chi connectivity index (χ3n) is 2.46. The quantitative estimate of drug-likeness (QED) is 0.680. The van der Waals surface area contributed by atoms with E-state index >= 15 is 0 Å². The molecule has 1 saturated carbocycles. The molecule has 0 aromatic carbocycles. The first-order valence-electron chi connectivity index (χ1n) is 5.15. The Morgan fingerprint density at radius 3 is 3.13 bits per heavy atom. The highest BCUT2D eigenvalue weighted by atomic mass is 16.5. The van der Waals surface area contributed by atoms with E-state index in [1.165, 1.54) is 12.8 Å². The Kier molecular flexibility index (Phi) is 3.01. The summed E-state index contributed by atoms with van der Waals surface area (Å²) in [5.41, 5.74) is 6.55. The van der Waals surface area contributed by atoms with Crippen molar-refractivity contribution >= 4 is 5.97 Å². The molecule has 1 aromatic heterocycles. The molecule has 1 aliphatic rings. The van der Waals surface area contributed by atoms with Crippen LogP contribution < -0.4 is 5.73 Å². The number of carbonyl (C=O) groups is 1. The van der Waals surface area contributed by atoms with Crippen LogP contribution in [0.15, 0.2) is 12.5 Å². The second kappa shape index (κ2) is 4.44. The summed E-state index contributed by atoms with van der Waals surface area (Å²) in [6.07, 6.45) is 6.02. The van der Waals surface area contributed by atoms with Gasteiger partial charge in [-0.05, 0) is 18.8 Å². The predicted molar refractivity (Wildman–Crippen MR) is 54.0 cm³/mol. The van der Waals surface area contributed by atoms with Crippen LogP contribution in [0.2, 0.25) is 0 Å². The number of ether oxygens (including phenoxy) is 1. The molecule has 0 radical (unpaired) electrons. The lowest BCUT2D eigenvalue weighted by molar-refractivity contribution is -0.145. The molecular formula is C10H15N3O2. The molecule has 1 aliphatic carbocycles. The molecule has 0 unspecified atom stereocenters. The van der Waals surface area contributed by atoms with Crippen molar-refractivity contribution in [1.29, 1.82) is 0 Å². The number of hydrogen-bond donors (Lipinski definition) is 2. The van der Waals surface area contributed by atoms with Gasteiger partial charge in [-0.2, -0.15) is 0 Å². The molecule has 1 aromatic rings. The maximum absolute atomic E-state index is 11.4. The number of imidazole rings is 1. The molecule has 15 heavy (non-hydrogen) atoms. The van der Waals surface area contributed by atoms with Crippen molar-refractivity contribution < 1.29 is 9.53 Å². The van der Waals surface area contributed by atoms with Gasteiger partial charge in [0.15, 0.2) is 0 Å². The van der Waals surface area contributed by atoms with E-state index in [0.717, 1.165) is 5.69 Å². The molecule has 0 aliphatic heterocycles. The monoisotopic (exact) mass is 209 g/mol. The van der Waals surface area contributed by atoms with Gasteiger partial charge in [0.05, 0.1) is 12.9 Å². The van der Waals surface area contributed by atoms with Gasteiger partial charge in [0.25, 0.3) is 0 Å². The zero-order valence-corrected chi connectivity index (χ0v) is 8.48. The number of nitrogens with zero attached hydrogens (tertiary/aromatic N) is 1. The summed E-state index contributed by atoms with van der Waals surface area (Å²) in [5, 5.41) is 0. The van der Waals surface area contributed by atoms with Crippen LogP contribution in [0.3, 0.4) is 0 Å². The van der Waals surface area contributed by atoms with Gasteiger partial charge in [-0.15, -0.1) is 0 Å². The number of carbonyl (C=O) groups excluding carboxylic acids is 1. The first-order chi connectivity index (χ1) is 7.25. The van der Waals surface area contributed by atoms with Crippen LogP contribution in [0.1, 0.15) is 18.5 Å². The second-order valence-electron chi connectivity index (χ2n) is 3.96. The molecule has 5 nitrogen and oxygen atoms in total. The fraction of sp³-hybridized carbons (Fsp3) is 0.600. The summed E-state index contributed by atoms with van der Waals surface area (Å²) in [5.74, 6) is 0.254. The van der Waals surface area contributed by atoms with Crippen LogP contribution in [0.25, 0.3) is 0 Å². The molecule has 1 heterocycles. The maximum Gasteiger partial charge on any atom is 0.323 e. The number of aromatic amines is 1. The van der Waals surface area contributed by atoms with Crippen molar-refractivity contribution in [2.45, 2.75) is 25.3 Å². The van der Waals surface area contributed by atoms with E-state index in [4.69, 9.17) is 10.5 Å². The Morgan fingerprint density at radius 1 is 1.73 bits per heavy atom. The molecule has 3 N–H and O–H groups in total. The van der Waals surface area contributed by atoms with E-state index in [-0.39, 0.29) is 5.97 Å². The topological polar surface area (TPSA) is 81.0 Å². The van der Waals surface area contributed by atoms with Gasteiger partial charge in [0.1, 0.15) is 6.04 Å². The standard InChI is InChI=1S/C10H15N3O2/c11-9(3-8-4-12-6-13-8)10(14)15-5-7-1-2-7/h4,6-7,9H,1-3,5,11H2,(H,12,13)/t9-/m1/s1. The van der Waals surface area contributed by atoms with Gasteiger partial charge in [0.2, 0.25) is 0 Å². The number of rotatable bonds is 5. The highest BCUT2D eigenvalue weighted by Crippen LogP contribution is 2.28. The van der Waals surface area contributed by atoms with Crippen LogP contribution in [-0.4, -0.2) is 28.6 Å². The molecular weight excluding hydrogens is 194 g/mol. The third kappa shape index (κ3) is 3.06. The molecule has 0 bridgehead atoms. The van der Waals surface area contributed by atoms with Crippen molar-refractivity contribution in [1.82, 2.24) is 9.97 Å². The van der Waals surface area contributed by atoms with E-state index in [1.807, 2.05) is 0 Å². The minimum atomic E-state index is -0.593. The lowest BCUT2D eigenvalue weighted by Crippen LogP contribution is -2.34. The summed E-state index contributed by atoms with van der Waals surface area (Å²) >= 11 is 0. The molecule has 5 heteroatoms. The van der Waals surface area contributed by atoms with Crippen molar-refractivity contribution in [3.63, 3.8) is 0 Å². The first-order valence-corrected chi connectivity index (χ1v) is 5.15. The number of esters is 1. The van der Waals surface area contributed by atoms with Gasteiger partial charge < -0.3 is 15.5 Å². The third-order valence-corrected chi connectivity index (χ3v) is 2.46. The fourth-order valence-corrected chi connectivity index (χ4v) is 1.31. The second-order valence-corrected chi connectivity index (χ2v) is 3.96. The predicted octanol–water partition coefficient (Wildman–Crippen LogP) is 0.233. The van der Waals surface area contributed by atoms with E-state index in [1.54, 1.807) is 12.5 Å². The van der Waals surface area contributed by atoms with Crippen LogP contribution in [0.5, 0.6) is 0 Å². The molecule has 1 atom stereocenters. The SMILES string of the molecule is N[C@H](Cc1cnc[nH]1)C(=O)OCC1CC1. The maximum atomic E-state index is 11.4. The van der Waals surface area contributed by atoms with Gasteiger partial charge in [-0.25, -0.2) is 4.98 Å². The highest BCUT2D eigenvalue weighted by Gasteiger charge is 2.24. The van der Waals surface area contributed by atoms with Crippen molar-refractivity contribution in [2.75, 3.05) is 6.61 Å². The zero-order chi connectivity index (χ0) is 10.7. The highest BCUT2D eigenvalue weighted by molar-refractivity contribution is 5.75. The largest absolute Gasteiger partial charge is 0.464 e. The van der Waals surface area contributed by atoms with Crippen molar-refractivity contribution in [2.24, 2.45) is 11.7 Å². The summed E-state index contributed by atoms with van der Waals surface area (Å²) < 4.78 is 5.08. The molecule has 0 amide bonds. The number of aromatic nitrogens is 2. The summed E-state index contributed by atoms with van der Waals surface area (Å²) in [6, 6.07) is -0.593. The lowest BCUT2D eigenvalue weighted by atomic mass is 10.2. The number of H-pyrrole nitrogens is 1. The van der Waals surface area contributed by atoms with Crippen LogP contribution in [-0.2, 0) is 16.0 Å². The van der Waals surface area contributed by atoms with Crippen LogP contribution >= 0.6 is 0 Å². The molecule has 2 rings (SSSR count). The molecule has 0 saturated heterocycles. The minimum Gasteiger partial charge on any atom is -0.464 e. The molecule has 1 fully saturated rings. The van der Waals surface area contributed by atoms with Crippen LogP contribution in [0.4, 0.5) is 0 Å². The summed E-state index contributed by atoms with van der Waals surface area (Å²) in [6.45, 7) is 0.523. The van der Waals surface area contributed by atoms with Crippen molar-refractivity contribution in [3.05, 3.63) is 18.2 Å². The normalized spacial score (nSPS) is 17.4. The Labute approximate surface area is 88.0 Å². The minimum absolute atomic E-state index is 0.323. The van der Waals surface area contributed by atoms with Gasteiger partial charge in [-0.3, -0.25) is 4.79 Å². The average Bonchev–Trinajstić information content (AvgIpc) is 2.92. The first kappa shape index (κ1) is 10.2.